The Labute approximate surface area is 206 Å². The van der Waals surface area contributed by atoms with Crippen LogP contribution in [0, 0.1) is 12.3 Å². The lowest BCUT2D eigenvalue weighted by atomic mass is 9.79. The first kappa shape index (κ1) is 25.0. The Morgan fingerprint density at radius 1 is 1.14 bits per heavy atom. The van der Waals surface area contributed by atoms with Crippen LogP contribution in [0.3, 0.4) is 0 Å². The first-order valence-electron chi connectivity index (χ1n) is 11.2. The number of likely N-dealkylation sites (N-methyl/N-ethyl adjacent to an activating group) is 1. The van der Waals surface area contributed by atoms with E-state index in [1.54, 1.807) is 6.07 Å². The lowest BCUT2D eigenvalue weighted by Gasteiger charge is -2.44. The molecule has 3 N–H and O–H groups in total. The molecule has 0 saturated carbocycles. The molecule has 1 aromatic heterocycles. The second-order valence-electron chi connectivity index (χ2n) is 9.34. The fraction of sp³-hybridized carbons (Fsp3) is 0.360. The molecule has 2 aromatic carbocycles. The highest BCUT2D eigenvalue weighted by molar-refractivity contribution is 6.00. The van der Waals surface area contributed by atoms with Crippen LogP contribution in [0.2, 0.25) is 0 Å². The smallest absolute Gasteiger partial charge is 0.323 e. The van der Waals surface area contributed by atoms with Crippen LogP contribution in [0.1, 0.15) is 34.8 Å². The van der Waals surface area contributed by atoms with Crippen molar-refractivity contribution in [3.63, 3.8) is 0 Å². The van der Waals surface area contributed by atoms with Crippen LogP contribution in [-0.2, 0) is 9.53 Å². The van der Waals surface area contributed by atoms with Crippen molar-refractivity contribution in [1.82, 2.24) is 4.90 Å². The summed E-state index contributed by atoms with van der Waals surface area (Å²) >= 11 is 0. The molecule has 1 saturated heterocycles. The Morgan fingerprint density at radius 3 is 2.39 bits per heavy atom. The van der Waals surface area contributed by atoms with Crippen LogP contribution < -0.4 is 21.1 Å². The van der Waals surface area contributed by atoms with E-state index >= 15 is 0 Å². The number of para-hydroxylation sites is 1. The average molecular weight is 498 g/mol. The summed E-state index contributed by atoms with van der Waals surface area (Å²) in [5.74, 6) is -1.07. The van der Waals surface area contributed by atoms with E-state index in [-0.39, 0.29) is 28.0 Å². The molecular weight excluding hydrogens is 470 g/mol. The minimum absolute atomic E-state index is 0.0240. The molecule has 1 atom stereocenters. The quantitative estimate of drug-likeness (QED) is 0.375. The van der Waals surface area contributed by atoms with Crippen molar-refractivity contribution in [3.05, 3.63) is 67.9 Å². The standard InChI is InChI=1S/C25H27N3O8/c1-13-8-9-16(36-13)23(25(2)11-35-12-25)26-18-19(22(33)21(18)32)28(4)15-7-5-6-14(20(15)31)24(34)27(3)10-17(29)30/h5-9,23,26,31H,10-12H2,1-4H3,(H,29,30)/t23-/m0/s1. The summed E-state index contributed by atoms with van der Waals surface area (Å²) in [5.41, 5.74) is -1.79. The van der Waals surface area contributed by atoms with Gasteiger partial charge >= 0.3 is 5.97 Å². The number of nitrogens with one attached hydrogen (secondary N) is 1. The van der Waals surface area contributed by atoms with Gasteiger partial charge in [0.15, 0.2) is 5.75 Å². The van der Waals surface area contributed by atoms with E-state index in [0.29, 0.717) is 24.7 Å². The molecule has 0 radical (unpaired) electrons. The topological polar surface area (TPSA) is 150 Å². The SMILES string of the molecule is Cc1ccc([C@H](Nc2c(N(C)c3cccc(C(=O)N(C)CC(=O)O)c3O)c(=O)c2=O)C2(C)COC2)o1. The number of amides is 1. The number of phenolic OH excluding ortho intramolecular Hbond substituents is 1. The molecule has 0 unspecified atom stereocenters. The van der Waals surface area contributed by atoms with Crippen LogP contribution >= 0.6 is 0 Å². The fourth-order valence-corrected chi connectivity index (χ4v) is 4.34. The van der Waals surface area contributed by atoms with Crippen molar-refractivity contribution in [1.29, 1.82) is 0 Å². The third-order valence-electron chi connectivity index (χ3n) is 6.44. The Hall–Kier alpha value is -4.12. The number of ether oxygens (including phenoxy) is 1. The van der Waals surface area contributed by atoms with Crippen molar-refractivity contribution in [2.24, 2.45) is 5.41 Å². The number of rotatable bonds is 9. The number of hydrogen-bond acceptors (Lipinski definition) is 9. The number of aliphatic carboxylic acids is 1. The molecule has 1 aliphatic rings. The molecule has 1 aliphatic heterocycles. The zero-order chi connectivity index (χ0) is 26.4. The van der Waals surface area contributed by atoms with Crippen LogP contribution in [-0.4, -0.2) is 60.8 Å². The summed E-state index contributed by atoms with van der Waals surface area (Å²) in [6.07, 6.45) is 0. The molecule has 11 nitrogen and oxygen atoms in total. The van der Waals surface area contributed by atoms with Gasteiger partial charge in [-0.05, 0) is 31.2 Å². The molecule has 0 aliphatic carbocycles. The summed E-state index contributed by atoms with van der Waals surface area (Å²) in [6, 6.07) is 7.48. The molecule has 11 heteroatoms. The van der Waals surface area contributed by atoms with Gasteiger partial charge in [0.2, 0.25) is 0 Å². The van der Waals surface area contributed by atoms with E-state index in [2.05, 4.69) is 5.32 Å². The maximum Gasteiger partial charge on any atom is 0.323 e. The van der Waals surface area contributed by atoms with E-state index in [1.807, 2.05) is 19.9 Å². The van der Waals surface area contributed by atoms with Gasteiger partial charge in [0.25, 0.3) is 16.8 Å². The summed E-state index contributed by atoms with van der Waals surface area (Å²) in [5, 5.41) is 23.0. The first-order chi connectivity index (χ1) is 16.9. The Balaban J connectivity index is 1.68. The predicted molar refractivity (Wildman–Crippen MR) is 131 cm³/mol. The lowest BCUT2D eigenvalue weighted by Crippen LogP contribution is -2.49. The van der Waals surface area contributed by atoms with Gasteiger partial charge in [0.1, 0.15) is 29.4 Å². The van der Waals surface area contributed by atoms with Crippen LogP contribution in [0.25, 0.3) is 0 Å². The molecule has 0 bridgehead atoms. The Bertz CT molecular complexity index is 1400. The summed E-state index contributed by atoms with van der Waals surface area (Å²) in [4.78, 5) is 51.2. The molecule has 190 valence electrons. The number of carboxylic acids is 1. The van der Waals surface area contributed by atoms with Gasteiger partial charge in [-0.3, -0.25) is 19.2 Å². The minimum atomic E-state index is -1.20. The summed E-state index contributed by atoms with van der Waals surface area (Å²) in [7, 11) is 2.79. The van der Waals surface area contributed by atoms with Crippen LogP contribution in [0.15, 0.2) is 44.3 Å². The molecule has 2 heterocycles. The number of aromatic hydroxyl groups is 1. The zero-order valence-electron chi connectivity index (χ0n) is 20.3. The van der Waals surface area contributed by atoms with Crippen molar-refractivity contribution in [2.45, 2.75) is 19.9 Å². The van der Waals surface area contributed by atoms with Crippen LogP contribution in [0.5, 0.6) is 5.75 Å². The number of phenols is 1. The maximum atomic E-state index is 12.7. The van der Waals surface area contributed by atoms with Crippen molar-refractivity contribution < 1.29 is 29.0 Å². The van der Waals surface area contributed by atoms with Crippen LogP contribution in [0.4, 0.5) is 17.1 Å². The second kappa shape index (κ2) is 9.15. The first-order valence-corrected chi connectivity index (χ1v) is 11.2. The van der Waals surface area contributed by atoms with Crippen molar-refractivity contribution in [3.8, 4) is 5.75 Å². The Morgan fingerprint density at radius 2 is 1.83 bits per heavy atom. The van der Waals surface area contributed by atoms with Gasteiger partial charge in [0, 0.05) is 19.5 Å². The number of aryl methyl sites for hydroxylation is 1. The van der Waals surface area contributed by atoms with Gasteiger partial charge in [-0.2, -0.15) is 0 Å². The molecular formula is C25H27N3O8. The van der Waals surface area contributed by atoms with Gasteiger partial charge in [-0.1, -0.05) is 13.0 Å². The molecule has 0 spiro atoms. The highest BCUT2D eigenvalue weighted by atomic mass is 16.5. The molecule has 36 heavy (non-hydrogen) atoms. The second-order valence-corrected chi connectivity index (χ2v) is 9.34. The number of hydrogen-bond donors (Lipinski definition) is 3. The average Bonchev–Trinajstić information content (AvgIpc) is 3.24. The lowest BCUT2D eigenvalue weighted by molar-refractivity contribution is -0.137. The number of anilines is 3. The highest BCUT2D eigenvalue weighted by Crippen LogP contribution is 2.44. The van der Waals surface area contributed by atoms with Gasteiger partial charge < -0.3 is 34.5 Å². The third kappa shape index (κ3) is 4.22. The number of carbonyl (C=O) groups excluding carboxylic acids is 1. The van der Waals surface area contributed by atoms with E-state index in [0.717, 1.165) is 4.90 Å². The Kier molecular flexibility index (Phi) is 6.35. The van der Waals surface area contributed by atoms with E-state index in [9.17, 15) is 24.3 Å². The number of nitrogens with zero attached hydrogens (tertiary/aromatic N) is 2. The van der Waals surface area contributed by atoms with E-state index in [1.165, 1.54) is 37.2 Å². The molecule has 1 amide bonds. The number of carboxylic acid groups (broad SMARTS) is 1. The molecule has 1 fully saturated rings. The highest BCUT2D eigenvalue weighted by Gasteiger charge is 2.45. The normalized spacial score (nSPS) is 15.2. The predicted octanol–water partition coefficient (Wildman–Crippen LogP) is 2.00. The number of carbonyl (C=O) groups is 2. The molecule has 3 aromatic rings. The number of benzene rings is 1. The summed E-state index contributed by atoms with van der Waals surface area (Å²) < 4.78 is 11.2. The fourth-order valence-electron chi connectivity index (χ4n) is 4.34. The summed E-state index contributed by atoms with van der Waals surface area (Å²) in [6.45, 7) is 4.09. The molecule has 4 rings (SSSR count). The van der Waals surface area contributed by atoms with E-state index in [4.69, 9.17) is 14.3 Å². The monoisotopic (exact) mass is 497 g/mol. The largest absolute Gasteiger partial charge is 0.505 e. The van der Waals surface area contributed by atoms with Crippen molar-refractivity contribution >= 4 is 28.9 Å². The van der Waals surface area contributed by atoms with Gasteiger partial charge in [0.05, 0.1) is 30.5 Å². The van der Waals surface area contributed by atoms with E-state index < -0.39 is 41.1 Å². The zero-order valence-corrected chi connectivity index (χ0v) is 20.3. The maximum absolute atomic E-state index is 12.7. The van der Waals surface area contributed by atoms with Gasteiger partial charge in [-0.25, -0.2) is 0 Å². The minimum Gasteiger partial charge on any atom is -0.505 e. The van der Waals surface area contributed by atoms with Crippen molar-refractivity contribution in [2.75, 3.05) is 44.1 Å². The van der Waals surface area contributed by atoms with Gasteiger partial charge in [-0.15, -0.1) is 0 Å². The number of furan rings is 1. The third-order valence-corrected chi connectivity index (χ3v) is 6.44.